The number of unbranched alkanes of at least 4 members (excludes halogenated alkanes) is 1. The summed E-state index contributed by atoms with van der Waals surface area (Å²) >= 11 is 5.67. The Balaban J connectivity index is 1.99. The Morgan fingerprint density at radius 3 is 2.55 bits per heavy atom. The number of hydrogen-bond acceptors (Lipinski definition) is 1. The Kier molecular flexibility index (Phi) is 6.31. The maximum atomic E-state index is 5.67. The molecule has 1 saturated carbocycles. The first-order valence-corrected chi connectivity index (χ1v) is 8.34. The largest absolute Gasteiger partial charge is 0.346 e. The molecule has 0 aromatic heterocycles. The molecule has 20 heavy (non-hydrogen) atoms. The summed E-state index contributed by atoms with van der Waals surface area (Å²) in [6.45, 7) is 3.33. The molecule has 110 valence electrons. The topological polar surface area (TPSA) is 15.3 Å². The third-order valence-electron chi connectivity index (χ3n) is 4.05. The summed E-state index contributed by atoms with van der Waals surface area (Å²) in [4.78, 5) is 2.44. The highest BCUT2D eigenvalue weighted by molar-refractivity contribution is 7.80. The summed E-state index contributed by atoms with van der Waals surface area (Å²) in [7, 11) is 0. The molecule has 0 atom stereocenters. The number of nitrogens with zero attached hydrogens (tertiary/aromatic N) is 1. The number of anilines is 1. The zero-order valence-electron chi connectivity index (χ0n) is 12.5. The minimum atomic E-state index is 0.638. The van der Waals surface area contributed by atoms with Crippen molar-refractivity contribution in [3.63, 3.8) is 0 Å². The molecule has 0 unspecified atom stereocenters. The minimum absolute atomic E-state index is 0.638. The van der Waals surface area contributed by atoms with Crippen molar-refractivity contribution in [2.24, 2.45) is 0 Å². The number of nitrogens with one attached hydrogen (secondary N) is 1. The molecule has 3 heteroatoms. The normalized spacial score (nSPS) is 15.8. The zero-order chi connectivity index (χ0) is 14.2. The molecule has 0 heterocycles. The summed E-state index contributed by atoms with van der Waals surface area (Å²) in [5, 5.41) is 4.31. The van der Waals surface area contributed by atoms with Crippen molar-refractivity contribution in [3.05, 3.63) is 30.3 Å². The lowest BCUT2D eigenvalue weighted by Crippen LogP contribution is -2.44. The smallest absolute Gasteiger partial charge is 0.173 e. The Labute approximate surface area is 128 Å². The van der Waals surface area contributed by atoms with Crippen molar-refractivity contribution in [1.82, 2.24) is 4.90 Å². The second kappa shape index (κ2) is 8.25. The lowest BCUT2D eigenvalue weighted by Gasteiger charge is -2.36. The Bertz CT molecular complexity index is 399. The van der Waals surface area contributed by atoms with E-state index in [0.717, 1.165) is 17.3 Å². The number of thiocarbonyl (C=S) groups is 1. The lowest BCUT2D eigenvalue weighted by atomic mass is 9.94. The van der Waals surface area contributed by atoms with Gasteiger partial charge in [-0.1, -0.05) is 50.8 Å². The van der Waals surface area contributed by atoms with Crippen LogP contribution in [-0.4, -0.2) is 22.6 Å². The predicted octanol–water partition coefficient (Wildman–Crippen LogP) is 4.82. The molecule has 0 radical (unpaired) electrons. The fourth-order valence-electron chi connectivity index (χ4n) is 2.89. The molecule has 0 spiro atoms. The molecule has 0 amide bonds. The number of benzene rings is 1. The van der Waals surface area contributed by atoms with Crippen molar-refractivity contribution < 1.29 is 0 Å². The maximum Gasteiger partial charge on any atom is 0.173 e. The molecule has 1 aromatic rings. The summed E-state index contributed by atoms with van der Waals surface area (Å²) < 4.78 is 0. The minimum Gasteiger partial charge on any atom is -0.346 e. The third kappa shape index (κ3) is 4.48. The van der Waals surface area contributed by atoms with E-state index in [2.05, 4.69) is 29.3 Å². The van der Waals surface area contributed by atoms with Crippen LogP contribution in [0.2, 0.25) is 0 Å². The summed E-state index contributed by atoms with van der Waals surface area (Å²) in [5.74, 6) is 0. The Morgan fingerprint density at radius 2 is 1.90 bits per heavy atom. The predicted molar refractivity (Wildman–Crippen MR) is 91.1 cm³/mol. The molecular formula is C17H26N2S. The van der Waals surface area contributed by atoms with Gasteiger partial charge in [0.2, 0.25) is 0 Å². The molecule has 1 aromatic carbocycles. The number of hydrogen-bond donors (Lipinski definition) is 1. The van der Waals surface area contributed by atoms with Gasteiger partial charge in [0.1, 0.15) is 0 Å². The second-order valence-electron chi connectivity index (χ2n) is 5.63. The van der Waals surface area contributed by atoms with E-state index < -0.39 is 0 Å². The maximum absolute atomic E-state index is 5.67. The van der Waals surface area contributed by atoms with Crippen molar-refractivity contribution in [3.8, 4) is 0 Å². The van der Waals surface area contributed by atoms with Crippen molar-refractivity contribution in [2.45, 2.75) is 57.9 Å². The molecule has 2 nitrogen and oxygen atoms in total. The van der Waals surface area contributed by atoms with Crippen LogP contribution >= 0.6 is 12.2 Å². The fraction of sp³-hybridized carbons (Fsp3) is 0.588. The van der Waals surface area contributed by atoms with E-state index in [1.54, 1.807) is 0 Å². The highest BCUT2D eigenvalue weighted by atomic mass is 32.1. The molecule has 1 N–H and O–H groups in total. The summed E-state index contributed by atoms with van der Waals surface area (Å²) in [6.07, 6.45) is 9.10. The summed E-state index contributed by atoms with van der Waals surface area (Å²) in [5.41, 5.74) is 1.09. The van der Waals surface area contributed by atoms with Crippen LogP contribution in [0.1, 0.15) is 51.9 Å². The standard InChI is InChI=1S/C17H26N2S/c1-2-3-14-19(16-12-8-5-9-13-16)17(20)18-15-10-6-4-7-11-15/h4,6-7,10-11,16H,2-3,5,8-9,12-14H2,1H3,(H,18,20). The van der Waals surface area contributed by atoms with E-state index in [1.807, 2.05) is 18.2 Å². The highest BCUT2D eigenvalue weighted by Crippen LogP contribution is 2.24. The van der Waals surface area contributed by atoms with Gasteiger partial charge in [-0.05, 0) is 43.6 Å². The fourth-order valence-corrected chi connectivity index (χ4v) is 3.25. The second-order valence-corrected chi connectivity index (χ2v) is 6.02. The van der Waals surface area contributed by atoms with Crippen LogP contribution in [-0.2, 0) is 0 Å². The van der Waals surface area contributed by atoms with E-state index in [9.17, 15) is 0 Å². The van der Waals surface area contributed by atoms with Gasteiger partial charge in [-0.25, -0.2) is 0 Å². The summed E-state index contributed by atoms with van der Waals surface area (Å²) in [6, 6.07) is 10.9. The number of para-hydroxylation sites is 1. The van der Waals surface area contributed by atoms with Crippen LogP contribution in [0.4, 0.5) is 5.69 Å². The Morgan fingerprint density at radius 1 is 1.20 bits per heavy atom. The van der Waals surface area contributed by atoms with Crippen LogP contribution in [0.25, 0.3) is 0 Å². The van der Waals surface area contributed by atoms with Gasteiger partial charge in [-0.2, -0.15) is 0 Å². The van der Waals surface area contributed by atoms with E-state index >= 15 is 0 Å². The molecule has 0 aliphatic heterocycles. The molecule has 2 rings (SSSR count). The van der Waals surface area contributed by atoms with Gasteiger partial charge in [0, 0.05) is 18.3 Å². The first-order chi connectivity index (χ1) is 9.81. The lowest BCUT2D eigenvalue weighted by molar-refractivity contribution is 0.244. The average Bonchev–Trinajstić information content (AvgIpc) is 2.50. The first kappa shape index (κ1) is 15.3. The van der Waals surface area contributed by atoms with Gasteiger partial charge < -0.3 is 10.2 Å². The number of rotatable bonds is 5. The van der Waals surface area contributed by atoms with Crippen LogP contribution in [0, 0.1) is 0 Å². The van der Waals surface area contributed by atoms with Crippen LogP contribution in [0.3, 0.4) is 0 Å². The van der Waals surface area contributed by atoms with Crippen molar-refractivity contribution in [1.29, 1.82) is 0 Å². The molecule has 1 aliphatic rings. The third-order valence-corrected chi connectivity index (χ3v) is 4.39. The van der Waals surface area contributed by atoms with E-state index in [0.29, 0.717) is 6.04 Å². The van der Waals surface area contributed by atoms with Crippen molar-refractivity contribution in [2.75, 3.05) is 11.9 Å². The van der Waals surface area contributed by atoms with Gasteiger partial charge in [0.25, 0.3) is 0 Å². The van der Waals surface area contributed by atoms with Gasteiger partial charge in [-0.15, -0.1) is 0 Å². The quantitative estimate of drug-likeness (QED) is 0.783. The highest BCUT2D eigenvalue weighted by Gasteiger charge is 2.22. The molecular weight excluding hydrogens is 264 g/mol. The van der Waals surface area contributed by atoms with E-state index in [4.69, 9.17) is 12.2 Å². The zero-order valence-corrected chi connectivity index (χ0v) is 13.3. The molecule has 0 bridgehead atoms. The molecule has 1 aliphatic carbocycles. The van der Waals surface area contributed by atoms with Crippen molar-refractivity contribution >= 4 is 23.0 Å². The molecule has 1 fully saturated rings. The first-order valence-electron chi connectivity index (χ1n) is 7.94. The van der Waals surface area contributed by atoms with Gasteiger partial charge in [0.05, 0.1) is 0 Å². The average molecular weight is 290 g/mol. The van der Waals surface area contributed by atoms with E-state index in [-0.39, 0.29) is 0 Å². The van der Waals surface area contributed by atoms with Gasteiger partial charge >= 0.3 is 0 Å². The van der Waals surface area contributed by atoms with Gasteiger partial charge in [-0.3, -0.25) is 0 Å². The van der Waals surface area contributed by atoms with Gasteiger partial charge in [0.15, 0.2) is 5.11 Å². The van der Waals surface area contributed by atoms with E-state index in [1.165, 1.54) is 44.9 Å². The van der Waals surface area contributed by atoms with Crippen LogP contribution in [0.15, 0.2) is 30.3 Å². The SMILES string of the molecule is CCCCN(C(=S)Nc1ccccc1)C1CCCCC1. The molecule has 0 saturated heterocycles. The monoisotopic (exact) mass is 290 g/mol. The van der Waals surface area contributed by atoms with Crippen LogP contribution < -0.4 is 5.32 Å². The Hall–Kier alpha value is -1.09. The van der Waals surface area contributed by atoms with Crippen LogP contribution in [0.5, 0.6) is 0 Å².